The van der Waals surface area contributed by atoms with Gasteiger partial charge in [0.15, 0.2) is 0 Å². The molecule has 10 rings (SSSR count). The molecule has 0 bridgehead atoms. The zero-order valence-corrected chi connectivity index (χ0v) is 29.7. The summed E-state index contributed by atoms with van der Waals surface area (Å²) in [6.07, 6.45) is 0. The van der Waals surface area contributed by atoms with E-state index in [1.165, 1.54) is 66.2 Å². The summed E-state index contributed by atoms with van der Waals surface area (Å²) in [5.74, 6) is 0. The predicted octanol–water partition coefficient (Wildman–Crippen LogP) is 14.5. The number of benzene rings is 9. The summed E-state index contributed by atoms with van der Waals surface area (Å²) in [6, 6.07) is 76.6. The second kappa shape index (κ2) is 13.5. The van der Waals surface area contributed by atoms with Crippen LogP contribution in [0.4, 0.5) is 0 Å². The number of rotatable bonds is 6. The molecular formula is C53H35N. The number of hydrogen-bond donors (Lipinski definition) is 0. The molecule has 0 aliphatic heterocycles. The standard InChI is InChI=1S/C53H35N/c1-3-11-36(12-4-1)39-19-26-42(27-20-39)49-34-51-50(43-28-21-41(22-29-43)46-32-25-38-15-7-8-16-45(38)33-46)35-52(54-53(51)48-18-10-9-17-47(48)49)44-30-23-40(24-31-44)37-13-5-2-6-14-37/h1-35H. The molecule has 54 heavy (non-hydrogen) atoms. The van der Waals surface area contributed by atoms with Crippen molar-refractivity contribution >= 4 is 32.4 Å². The molecule has 0 radical (unpaired) electrons. The first-order chi connectivity index (χ1) is 26.7. The Morgan fingerprint density at radius 2 is 0.667 bits per heavy atom. The molecule has 9 aromatic carbocycles. The summed E-state index contributed by atoms with van der Waals surface area (Å²) in [5.41, 5.74) is 15.0. The maximum atomic E-state index is 5.44. The van der Waals surface area contributed by atoms with Crippen LogP contribution >= 0.6 is 0 Å². The average Bonchev–Trinajstić information content (AvgIpc) is 3.26. The monoisotopic (exact) mass is 685 g/mol. The van der Waals surface area contributed by atoms with E-state index in [1.54, 1.807) is 0 Å². The van der Waals surface area contributed by atoms with Gasteiger partial charge in [-0.1, -0.05) is 194 Å². The Labute approximate surface area is 315 Å². The molecule has 1 heteroatoms. The smallest absolute Gasteiger partial charge is 0.0794 e. The molecule has 0 amide bonds. The summed E-state index contributed by atoms with van der Waals surface area (Å²) in [4.78, 5) is 5.44. The van der Waals surface area contributed by atoms with Crippen molar-refractivity contribution < 1.29 is 0 Å². The highest BCUT2D eigenvalue weighted by Gasteiger charge is 2.17. The van der Waals surface area contributed by atoms with E-state index in [0.29, 0.717) is 0 Å². The van der Waals surface area contributed by atoms with E-state index in [-0.39, 0.29) is 0 Å². The Morgan fingerprint density at radius 3 is 1.28 bits per heavy atom. The lowest BCUT2D eigenvalue weighted by molar-refractivity contribution is 1.41. The van der Waals surface area contributed by atoms with Crippen LogP contribution in [0.15, 0.2) is 212 Å². The molecule has 10 aromatic rings. The van der Waals surface area contributed by atoms with E-state index < -0.39 is 0 Å². The maximum absolute atomic E-state index is 5.44. The third-order valence-electron chi connectivity index (χ3n) is 10.7. The fourth-order valence-electron chi connectivity index (χ4n) is 7.83. The zero-order chi connectivity index (χ0) is 35.8. The van der Waals surface area contributed by atoms with Crippen LogP contribution in [0.2, 0.25) is 0 Å². The molecular weight excluding hydrogens is 651 g/mol. The van der Waals surface area contributed by atoms with Gasteiger partial charge in [0.05, 0.1) is 11.2 Å². The first-order valence-corrected chi connectivity index (χ1v) is 18.5. The number of pyridine rings is 1. The normalized spacial score (nSPS) is 11.3. The zero-order valence-electron chi connectivity index (χ0n) is 29.7. The Kier molecular flexibility index (Phi) is 7.89. The van der Waals surface area contributed by atoms with Crippen LogP contribution in [0.5, 0.6) is 0 Å². The molecule has 0 unspecified atom stereocenters. The molecule has 0 saturated carbocycles. The van der Waals surface area contributed by atoms with E-state index in [4.69, 9.17) is 4.98 Å². The van der Waals surface area contributed by atoms with Crippen LogP contribution in [-0.2, 0) is 0 Å². The average molecular weight is 686 g/mol. The minimum atomic E-state index is 0.959. The van der Waals surface area contributed by atoms with Crippen molar-refractivity contribution in [1.29, 1.82) is 0 Å². The topological polar surface area (TPSA) is 12.9 Å². The van der Waals surface area contributed by atoms with Gasteiger partial charge in [0.1, 0.15) is 0 Å². The minimum absolute atomic E-state index is 0.959. The Balaban J connectivity index is 1.15. The minimum Gasteiger partial charge on any atom is -0.247 e. The lowest BCUT2D eigenvalue weighted by Gasteiger charge is -2.16. The third-order valence-corrected chi connectivity index (χ3v) is 10.7. The van der Waals surface area contributed by atoms with Gasteiger partial charge >= 0.3 is 0 Å². The van der Waals surface area contributed by atoms with Crippen LogP contribution in [-0.4, -0.2) is 4.98 Å². The molecule has 0 saturated heterocycles. The number of hydrogen-bond acceptors (Lipinski definition) is 1. The lowest BCUT2D eigenvalue weighted by Crippen LogP contribution is -1.93. The van der Waals surface area contributed by atoms with Gasteiger partial charge in [-0.3, -0.25) is 0 Å². The molecule has 0 N–H and O–H groups in total. The Hall–Kier alpha value is -7.09. The fraction of sp³-hybridized carbons (Fsp3) is 0. The first-order valence-electron chi connectivity index (χ1n) is 18.5. The van der Waals surface area contributed by atoms with Gasteiger partial charge in [-0.15, -0.1) is 0 Å². The molecule has 1 aromatic heterocycles. The Bertz CT molecular complexity index is 2930. The molecule has 1 heterocycles. The van der Waals surface area contributed by atoms with Crippen LogP contribution in [0.25, 0.3) is 99.3 Å². The van der Waals surface area contributed by atoms with Crippen LogP contribution in [0.3, 0.4) is 0 Å². The van der Waals surface area contributed by atoms with Crippen LogP contribution in [0.1, 0.15) is 0 Å². The largest absolute Gasteiger partial charge is 0.247 e. The van der Waals surface area contributed by atoms with Crippen molar-refractivity contribution in [3.63, 3.8) is 0 Å². The summed E-state index contributed by atoms with van der Waals surface area (Å²) >= 11 is 0. The summed E-state index contributed by atoms with van der Waals surface area (Å²) in [6.45, 7) is 0. The molecule has 0 aliphatic carbocycles. The van der Waals surface area contributed by atoms with Gasteiger partial charge in [0, 0.05) is 16.3 Å². The quantitative estimate of drug-likeness (QED) is 0.159. The number of fused-ring (bicyclic) bond motifs is 4. The highest BCUT2D eigenvalue weighted by molar-refractivity contribution is 6.16. The van der Waals surface area contributed by atoms with Gasteiger partial charge in [-0.25, -0.2) is 4.98 Å². The van der Waals surface area contributed by atoms with Gasteiger partial charge in [-0.05, 0) is 90.0 Å². The van der Waals surface area contributed by atoms with Crippen molar-refractivity contribution in [1.82, 2.24) is 4.98 Å². The molecule has 1 nitrogen and oxygen atoms in total. The number of nitrogens with zero attached hydrogens (tertiary/aromatic N) is 1. The van der Waals surface area contributed by atoms with Gasteiger partial charge < -0.3 is 0 Å². The number of aromatic nitrogens is 1. The molecule has 0 spiro atoms. The Morgan fingerprint density at radius 1 is 0.241 bits per heavy atom. The maximum Gasteiger partial charge on any atom is 0.0794 e. The van der Waals surface area contributed by atoms with E-state index in [1.807, 2.05) is 0 Å². The van der Waals surface area contributed by atoms with E-state index in [9.17, 15) is 0 Å². The lowest BCUT2D eigenvalue weighted by atomic mass is 9.90. The molecule has 0 aliphatic rings. The van der Waals surface area contributed by atoms with Crippen LogP contribution in [0, 0.1) is 0 Å². The van der Waals surface area contributed by atoms with Crippen molar-refractivity contribution in [2.45, 2.75) is 0 Å². The van der Waals surface area contributed by atoms with Crippen molar-refractivity contribution in [3.05, 3.63) is 212 Å². The first kappa shape index (κ1) is 31.6. The summed E-state index contributed by atoms with van der Waals surface area (Å²) in [7, 11) is 0. The van der Waals surface area contributed by atoms with Crippen molar-refractivity contribution in [2.75, 3.05) is 0 Å². The second-order valence-electron chi connectivity index (χ2n) is 13.9. The summed E-state index contributed by atoms with van der Waals surface area (Å²) in [5, 5.41) is 5.98. The molecule has 252 valence electrons. The SMILES string of the molecule is c1ccc(-c2ccc(-c3cc(-c4ccc(-c5ccc6ccccc6c5)cc4)c4cc(-c5ccc(-c6ccccc6)cc5)c5ccccc5c4n3)cc2)cc1. The van der Waals surface area contributed by atoms with E-state index in [0.717, 1.165) is 33.1 Å². The van der Waals surface area contributed by atoms with Crippen LogP contribution < -0.4 is 0 Å². The summed E-state index contributed by atoms with van der Waals surface area (Å²) < 4.78 is 0. The second-order valence-corrected chi connectivity index (χ2v) is 13.9. The third kappa shape index (κ3) is 5.83. The van der Waals surface area contributed by atoms with Gasteiger partial charge in [0.25, 0.3) is 0 Å². The molecule has 0 atom stereocenters. The van der Waals surface area contributed by atoms with E-state index in [2.05, 4.69) is 212 Å². The highest BCUT2D eigenvalue weighted by atomic mass is 14.7. The fourth-order valence-corrected chi connectivity index (χ4v) is 7.83. The van der Waals surface area contributed by atoms with Gasteiger partial charge in [-0.2, -0.15) is 0 Å². The van der Waals surface area contributed by atoms with Crippen molar-refractivity contribution in [2.24, 2.45) is 0 Å². The molecule has 0 fully saturated rings. The highest BCUT2D eigenvalue weighted by Crippen LogP contribution is 2.41. The van der Waals surface area contributed by atoms with Gasteiger partial charge in [0.2, 0.25) is 0 Å². The predicted molar refractivity (Wildman–Crippen MR) is 229 cm³/mol. The van der Waals surface area contributed by atoms with Crippen molar-refractivity contribution in [3.8, 4) is 66.9 Å². The van der Waals surface area contributed by atoms with E-state index >= 15 is 0 Å².